The van der Waals surface area contributed by atoms with E-state index in [9.17, 15) is 13.5 Å². The van der Waals surface area contributed by atoms with Gasteiger partial charge in [-0.2, -0.15) is 0 Å². The Labute approximate surface area is 119 Å². The molecular formula is C15H19NO3S. The number of hydrogen-bond acceptors (Lipinski definition) is 3. The van der Waals surface area contributed by atoms with Gasteiger partial charge in [0.05, 0.1) is 11.0 Å². The van der Waals surface area contributed by atoms with Gasteiger partial charge >= 0.3 is 0 Å². The molecule has 0 aliphatic rings. The average Bonchev–Trinajstić information content (AvgIpc) is 2.44. The molecular weight excluding hydrogens is 274 g/mol. The highest BCUT2D eigenvalue weighted by Crippen LogP contribution is 2.21. The van der Waals surface area contributed by atoms with Crippen molar-refractivity contribution in [2.75, 3.05) is 13.6 Å². The summed E-state index contributed by atoms with van der Waals surface area (Å²) in [6, 6.07) is 12.8. The van der Waals surface area contributed by atoms with Crippen LogP contribution >= 0.6 is 0 Å². The molecule has 2 aromatic carbocycles. The van der Waals surface area contributed by atoms with E-state index in [0.29, 0.717) is 13.0 Å². The molecule has 1 unspecified atom stereocenters. The van der Waals surface area contributed by atoms with Gasteiger partial charge in [0.15, 0.2) is 0 Å². The maximum absolute atomic E-state index is 12.4. The molecule has 0 heterocycles. The van der Waals surface area contributed by atoms with Crippen LogP contribution in [-0.2, 0) is 10.0 Å². The molecule has 1 N–H and O–H groups in total. The lowest BCUT2D eigenvalue weighted by atomic mass is 10.1. The van der Waals surface area contributed by atoms with Crippen LogP contribution in [0.15, 0.2) is 47.4 Å². The molecule has 0 fully saturated rings. The van der Waals surface area contributed by atoms with Gasteiger partial charge in [-0.3, -0.25) is 0 Å². The van der Waals surface area contributed by atoms with Crippen LogP contribution < -0.4 is 0 Å². The van der Waals surface area contributed by atoms with Crippen LogP contribution in [0.4, 0.5) is 0 Å². The minimum Gasteiger partial charge on any atom is -0.393 e. The Kier molecular flexibility index (Phi) is 4.42. The second kappa shape index (κ2) is 5.91. The highest BCUT2D eigenvalue weighted by atomic mass is 32.2. The number of fused-ring (bicyclic) bond motifs is 1. The van der Waals surface area contributed by atoms with Gasteiger partial charge in [0, 0.05) is 13.6 Å². The summed E-state index contributed by atoms with van der Waals surface area (Å²) in [5.41, 5.74) is 0. The summed E-state index contributed by atoms with van der Waals surface area (Å²) in [5, 5.41) is 11.2. The SMILES string of the molecule is CC(O)CCN(C)S(=O)(=O)c1ccc2ccccc2c1. The third kappa shape index (κ3) is 3.17. The second-order valence-corrected chi connectivity index (χ2v) is 7.02. The Bertz CT molecular complexity index is 695. The average molecular weight is 293 g/mol. The van der Waals surface area contributed by atoms with Gasteiger partial charge in [-0.1, -0.05) is 30.3 Å². The zero-order valence-electron chi connectivity index (χ0n) is 11.7. The summed E-state index contributed by atoms with van der Waals surface area (Å²) < 4.78 is 26.1. The standard InChI is InChI=1S/C15H19NO3S/c1-12(17)9-10-16(2)20(18,19)15-8-7-13-5-3-4-6-14(13)11-15/h3-8,11-12,17H,9-10H2,1-2H3. The molecule has 0 aliphatic heterocycles. The summed E-state index contributed by atoms with van der Waals surface area (Å²) in [6.07, 6.45) is -0.0900. The molecule has 0 bridgehead atoms. The summed E-state index contributed by atoms with van der Waals surface area (Å²) in [4.78, 5) is 0.282. The number of hydrogen-bond donors (Lipinski definition) is 1. The first kappa shape index (κ1) is 15.0. The molecule has 108 valence electrons. The molecule has 0 saturated heterocycles. The predicted octanol–water partition coefficient (Wildman–Crippen LogP) is 2.23. The topological polar surface area (TPSA) is 57.6 Å². The van der Waals surface area contributed by atoms with E-state index < -0.39 is 16.1 Å². The second-order valence-electron chi connectivity index (χ2n) is 4.97. The number of rotatable bonds is 5. The van der Waals surface area contributed by atoms with Gasteiger partial charge in [0.25, 0.3) is 0 Å². The van der Waals surface area contributed by atoms with E-state index in [2.05, 4.69) is 0 Å². The number of sulfonamides is 1. The normalized spacial score (nSPS) is 13.8. The van der Waals surface area contributed by atoms with Crippen molar-refractivity contribution in [2.24, 2.45) is 0 Å². The molecule has 0 aliphatic carbocycles. The lowest BCUT2D eigenvalue weighted by Crippen LogP contribution is -2.29. The number of aliphatic hydroxyl groups excluding tert-OH is 1. The van der Waals surface area contributed by atoms with E-state index in [1.807, 2.05) is 30.3 Å². The van der Waals surface area contributed by atoms with Gasteiger partial charge in [-0.05, 0) is 36.2 Å². The molecule has 0 spiro atoms. The maximum Gasteiger partial charge on any atom is 0.242 e. The Balaban J connectivity index is 2.31. The van der Waals surface area contributed by atoms with Gasteiger partial charge in [-0.15, -0.1) is 0 Å². The first-order valence-electron chi connectivity index (χ1n) is 6.54. The zero-order valence-corrected chi connectivity index (χ0v) is 12.5. The predicted molar refractivity (Wildman–Crippen MR) is 80.1 cm³/mol. The molecule has 2 rings (SSSR count). The Morgan fingerprint density at radius 3 is 2.45 bits per heavy atom. The smallest absolute Gasteiger partial charge is 0.242 e. The van der Waals surface area contributed by atoms with Crippen LogP contribution in [0.1, 0.15) is 13.3 Å². The summed E-state index contributed by atoms with van der Waals surface area (Å²) in [5.74, 6) is 0. The van der Waals surface area contributed by atoms with Crippen molar-refractivity contribution >= 4 is 20.8 Å². The molecule has 0 aromatic heterocycles. The Morgan fingerprint density at radius 2 is 1.80 bits per heavy atom. The van der Waals surface area contributed by atoms with Crippen LogP contribution in [0.2, 0.25) is 0 Å². The highest BCUT2D eigenvalue weighted by molar-refractivity contribution is 7.89. The van der Waals surface area contributed by atoms with Crippen molar-refractivity contribution in [3.63, 3.8) is 0 Å². The van der Waals surface area contributed by atoms with E-state index in [1.54, 1.807) is 19.1 Å². The summed E-state index contributed by atoms with van der Waals surface area (Å²) >= 11 is 0. The van der Waals surface area contributed by atoms with E-state index in [-0.39, 0.29) is 4.90 Å². The van der Waals surface area contributed by atoms with Crippen molar-refractivity contribution in [1.29, 1.82) is 0 Å². The quantitative estimate of drug-likeness (QED) is 0.919. The Hall–Kier alpha value is -1.43. The molecule has 5 heteroatoms. The van der Waals surface area contributed by atoms with Gasteiger partial charge in [0.2, 0.25) is 10.0 Å². The van der Waals surface area contributed by atoms with Crippen LogP contribution in [0.3, 0.4) is 0 Å². The van der Waals surface area contributed by atoms with Crippen molar-refractivity contribution in [2.45, 2.75) is 24.3 Å². The monoisotopic (exact) mass is 293 g/mol. The maximum atomic E-state index is 12.4. The highest BCUT2D eigenvalue weighted by Gasteiger charge is 2.20. The molecule has 0 saturated carbocycles. The van der Waals surface area contributed by atoms with Crippen molar-refractivity contribution in [3.05, 3.63) is 42.5 Å². The lowest BCUT2D eigenvalue weighted by molar-refractivity contribution is 0.177. The third-order valence-corrected chi connectivity index (χ3v) is 5.14. The Morgan fingerprint density at radius 1 is 1.15 bits per heavy atom. The van der Waals surface area contributed by atoms with E-state index in [0.717, 1.165) is 10.8 Å². The van der Waals surface area contributed by atoms with Gasteiger partial charge in [0.1, 0.15) is 0 Å². The van der Waals surface area contributed by atoms with E-state index >= 15 is 0 Å². The lowest BCUT2D eigenvalue weighted by Gasteiger charge is -2.18. The minimum absolute atomic E-state index is 0.282. The molecule has 0 radical (unpaired) electrons. The third-order valence-electron chi connectivity index (χ3n) is 3.29. The summed E-state index contributed by atoms with van der Waals surface area (Å²) in [6.45, 7) is 1.95. The van der Waals surface area contributed by atoms with E-state index in [4.69, 9.17) is 0 Å². The zero-order chi connectivity index (χ0) is 14.8. The number of aliphatic hydroxyl groups is 1. The molecule has 1 atom stereocenters. The summed E-state index contributed by atoms with van der Waals surface area (Å²) in [7, 11) is -1.97. The first-order chi connectivity index (χ1) is 9.41. The van der Waals surface area contributed by atoms with E-state index in [1.165, 1.54) is 11.4 Å². The van der Waals surface area contributed by atoms with Crippen LogP contribution in [0.25, 0.3) is 10.8 Å². The van der Waals surface area contributed by atoms with Crippen molar-refractivity contribution < 1.29 is 13.5 Å². The minimum atomic E-state index is -3.50. The van der Waals surface area contributed by atoms with Gasteiger partial charge in [-0.25, -0.2) is 12.7 Å². The largest absolute Gasteiger partial charge is 0.393 e. The van der Waals surface area contributed by atoms with Crippen molar-refractivity contribution in [1.82, 2.24) is 4.31 Å². The van der Waals surface area contributed by atoms with Crippen LogP contribution in [-0.4, -0.2) is 37.5 Å². The number of nitrogens with zero attached hydrogens (tertiary/aromatic N) is 1. The van der Waals surface area contributed by atoms with Crippen LogP contribution in [0, 0.1) is 0 Å². The molecule has 4 nitrogen and oxygen atoms in total. The fourth-order valence-corrected chi connectivity index (χ4v) is 3.22. The fraction of sp³-hybridized carbons (Fsp3) is 0.333. The van der Waals surface area contributed by atoms with Crippen LogP contribution in [0.5, 0.6) is 0 Å². The molecule has 20 heavy (non-hydrogen) atoms. The van der Waals surface area contributed by atoms with Crippen molar-refractivity contribution in [3.8, 4) is 0 Å². The molecule has 0 amide bonds. The van der Waals surface area contributed by atoms with Gasteiger partial charge < -0.3 is 5.11 Å². The number of benzene rings is 2. The molecule has 2 aromatic rings. The fourth-order valence-electron chi connectivity index (χ4n) is 2.00. The first-order valence-corrected chi connectivity index (χ1v) is 7.98.